The van der Waals surface area contributed by atoms with Crippen molar-refractivity contribution in [2.75, 3.05) is 18.6 Å². The van der Waals surface area contributed by atoms with E-state index in [1.807, 2.05) is 35.8 Å². The Morgan fingerprint density at radius 1 is 1.00 bits per heavy atom. The van der Waals surface area contributed by atoms with E-state index in [9.17, 15) is 0 Å². The van der Waals surface area contributed by atoms with Gasteiger partial charge in [-0.25, -0.2) is 15.0 Å². The highest BCUT2D eigenvalue weighted by Gasteiger charge is 2.14. The number of fused-ring (bicyclic) bond motifs is 1. The molecule has 4 N–H and O–H groups in total. The fraction of sp³-hybridized carbons (Fsp3) is 0.150. The molecule has 3 heterocycles. The number of nitrogens with zero attached hydrogens (tertiary/aromatic N) is 4. The number of benzene rings is 1. The van der Waals surface area contributed by atoms with Crippen molar-refractivity contribution in [3.05, 3.63) is 58.9 Å². The van der Waals surface area contributed by atoms with Crippen LogP contribution in [0.1, 0.15) is 11.4 Å². The summed E-state index contributed by atoms with van der Waals surface area (Å²) in [7, 11) is 1.63. The maximum absolute atomic E-state index is 6.08. The molecule has 4 rings (SSSR count). The van der Waals surface area contributed by atoms with Crippen LogP contribution in [0.25, 0.3) is 22.4 Å². The third kappa shape index (κ3) is 3.32. The molecular weight excluding hydrogens is 376 g/mol. The molecule has 0 atom stereocenters. The summed E-state index contributed by atoms with van der Waals surface area (Å²) in [5.74, 6) is 2.28. The molecule has 8 heteroatoms. The van der Waals surface area contributed by atoms with Crippen LogP contribution in [0.15, 0.2) is 42.5 Å². The van der Waals surface area contributed by atoms with Gasteiger partial charge < -0.3 is 20.8 Å². The summed E-state index contributed by atoms with van der Waals surface area (Å²) in [6.45, 7) is 2.51. The molecule has 3 aromatic heterocycles. The van der Waals surface area contributed by atoms with Crippen molar-refractivity contribution in [1.29, 1.82) is 0 Å². The van der Waals surface area contributed by atoms with Crippen molar-refractivity contribution in [3.63, 3.8) is 0 Å². The summed E-state index contributed by atoms with van der Waals surface area (Å²) in [5, 5.41) is 0.626. The van der Waals surface area contributed by atoms with Crippen LogP contribution < -0.4 is 16.2 Å². The lowest BCUT2D eigenvalue weighted by Gasteiger charge is -2.12. The van der Waals surface area contributed by atoms with E-state index in [0.717, 1.165) is 39.6 Å². The number of ether oxygens (including phenoxy) is 1. The molecule has 0 saturated carbocycles. The molecule has 0 radical (unpaired) electrons. The molecule has 4 aromatic rings. The molecular formula is C20H19ClN6O. The van der Waals surface area contributed by atoms with Crippen LogP contribution in [-0.4, -0.2) is 26.6 Å². The molecule has 0 amide bonds. The van der Waals surface area contributed by atoms with Gasteiger partial charge in [0.25, 0.3) is 0 Å². The van der Waals surface area contributed by atoms with E-state index in [1.54, 1.807) is 25.3 Å². The SMILES string of the molecule is COc1cc(Cl)ccc1Cn1c(C)nc2ccc(-c3cc(N)nc(N)c3)nc21. The first-order chi connectivity index (χ1) is 13.4. The minimum atomic E-state index is 0.354. The van der Waals surface area contributed by atoms with E-state index in [2.05, 4.69) is 9.97 Å². The molecule has 0 spiro atoms. The monoisotopic (exact) mass is 394 g/mol. The van der Waals surface area contributed by atoms with Gasteiger partial charge in [0, 0.05) is 16.1 Å². The van der Waals surface area contributed by atoms with Crippen LogP contribution >= 0.6 is 11.6 Å². The van der Waals surface area contributed by atoms with Crippen LogP contribution in [0, 0.1) is 6.92 Å². The number of pyridine rings is 2. The highest BCUT2D eigenvalue weighted by molar-refractivity contribution is 6.30. The quantitative estimate of drug-likeness (QED) is 0.547. The van der Waals surface area contributed by atoms with Gasteiger partial charge in [0.2, 0.25) is 0 Å². The van der Waals surface area contributed by atoms with Crippen molar-refractivity contribution >= 4 is 34.4 Å². The topological polar surface area (TPSA) is 105 Å². The molecule has 1 aromatic carbocycles. The second-order valence-corrected chi connectivity index (χ2v) is 6.88. The van der Waals surface area contributed by atoms with Crippen molar-refractivity contribution < 1.29 is 4.74 Å². The van der Waals surface area contributed by atoms with Gasteiger partial charge in [-0.3, -0.25) is 0 Å². The third-order valence-corrected chi connectivity index (χ3v) is 4.76. The van der Waals surface area contributed by atoms with Crippen LogP contribution in [0.5, 0.6) is 5.75 Å². The highest BCUT2D eigenvalue weighted by Crippen LogP contribution is 2.27. The van der Waals surface area contributed by atoms with Gasteiger partial charge in [-0.2, -0.15) is 0 Å². The summed E-state index contributed by atoms with van der Waals surface area (Å²) >= 11 is 6.08. The van der Waals surface area contributed by atoms with Gasteiger partial charge in [-0.1, -0.05) is 17.7 Å². The average Bonchev–Trinajstić information content (AvgIpc) is 2.97. The molecule has 28 heavy (non-hydrogen) atoms. The normalized spacial score (nSPS) is 11.1. The lowest BCUT2D eigenvalue weighted by Crippen LogP contribution is -2.05. The summed E-state index contributed by atoms with van der Waals surface area (Å²) in [6, 6.07) is 12.9. The lowest BCUT2D eigenvalue weighted by atomic mass is 10.1. The van der Waals surface area contributed by atoms with Crippen molar-refractivity contribution in [2.45, 2.75) is 13.5 Å². The smallest absolute Gasteiger partial charge is 0.160 e. The van der Waals surface area contributed by atoms with Gasteiger partial charge in [0.1, 0.15) is 28.7 Å². The number of anilines is 2. The van der Waals surface area contributed by atoms with Gasteiger partial charge in [0.15, 0.2) is 5.65 Å². The zero-order valence-electron chi connectivity index (χ0n) is 15.5. The number of rotatable bonds is 4. The largest absolute Gasteiger partial charge is 0.496 e. The van der Waals surface area contributed by atoms with E-state index in [1.165, 1.54) is 0 Å². The van der Waals surface area contributed by atoms with Gasteiger partial charge in [0.05, 0.1) is 19.3 Å². The number of aromatic nitrogens is 4. The zero-order valence-corrected chi connectivity index (χ0v) is 16.2. The van der Waals surface area contributed by atoms with Crippen LogP contribution in [0.3, 0.4) is 0 Å². The number of nitrogens with two attached hydrogens (primary N) is 2. The van der Waals surface area contributed by atoms with Crippen LogP contribution in [-0.2, 0) is 6.54 Å². The Labute approximate surface area is 166 Å². The molecule has 142 valence electrons. The predicted molar refractivity (Wildman–Crippen MR) is 111 cm³/mol. The number of hydrogen-bond acceptors (Lipinski definition) is 6. The number of nitrogen functional groups attached to an aromatic ring is 2. The number of imidazole rings is 1. The maximum atomic E-state index is 6.08. The van der Waals surface area contributed by atoms with E-state index in [-0.39, 0.29) is 0 Å². The second-order valence-electron chi connectivity index (χ2n) is 6.45. The Hall–Kier alpha value is -3.32. The Bertz CT molecular complexity index is 1170. The van der Waals surface area contributed by atoms with Crippen LogP contribution in [0.2, 0.25) is 5.02 Å². The second kappa shape index (κ2) is 7.01. The first kappa shape index (κ1) is 18.1. The molecule has 7 nitrogen and oxygen atoms in total. The van der Waals surface area contributed by atoms with Crippen molar-refractivity contribution in [1.82, 2.24) is 19.5 Å². The lowest BCUT2D eigenvalue weighted by molar-refractivity contribution is 0.408. The standard InChI is InChI=1S/C20H19ClN6O/c1-11-24-16-6-5-15(13-7-18(22)26-19(23)8-13)25-20(16)27(11)10-12-3-4-14(21)9-17(12)28-2/h3-9H,10H2,1-2H3,(H4,22,23,26). The number of methoxy groups -OCH3 is 1. The summed E-state index contributed by atoms with van der Waals surface area (Å²) < 4.78 is 7.51. The molecule has 0 saturated heterocycles. The minimum Gasteiger partial charge on any atom is -0.496 e. The predicted octanol–water partition coefficient (Wildman–Crippen LogP) is 3.68. The molecule has 0 bridgehead atoms. The fourth-order valence-electron chi connectivity index (χ4n) is 3.21. The third-order valence-electron chi connectivity index (χ3n) is 4.52. The maximum Gasteiger partial charge on any atom is 0.160 e. The Kier molecular flexibility index (Phi) is 4.52. The first-order valence-corrected chi connectivity index (χ1v) is 9.02. The summed E-state index contributed by atoms with van der Waals surface area (Å²) in [4.78, 5) is 13.4. The van der Waals surface area contributed by atoms with Crippen molar-refractivity contribution in [3.8, 4) is 17.0 Å². The molecule has 0 fully saturated rings. The average molecular weight is 395 g/mol. The summed E-state index contributed by atoms with van der Waals surface area (Å²) in [5.41, 5.74) is 15.8. The molecule has 0 unspecified atom stereocenters. The van der Waals surface area contributed by atoms with Gasteiger partial charge in [-0.15, -0.1) is 0 Å². The first-order valence-electron chi connectivity index (χ1n) is 8.64. The Morgan fingerprint density at radius 3 is 2.46 bits per heavy atom. The number of hydrogen-bond donors (Lipinski definition) is 2. The molecule has 0 aliphatic carbocycles. The van der Waals surface area contributed by atoms with Gasteiger partial charge >= 0.3 is 0 Å². The van der Waals surface area contributed by atoms with E-state index in [4.69, 9.17) is 32.8 Å². The van der Waals surface area contributed by atoms with Crippen molar-refractivity contribution in [2.24, 2.45) is 0 Å². The summed E-state index contributed by atoms with van der Waals surface area (Å²) in [6.07, 6.45) is 0. The highest BCUT2D eigenvalue weighted by atomic mass is 35.5. The van der Waals surface area contributed by atoms with Crippen LogP contribution in [0.4, 0.5) is 11.6 Å². The van der Waals surface area contributed by atoms with E-state index in [0.29, 0.717) is 23.2 Å². The van der Waals surface area contributed by atoms with Gasteiger partial charge in [-0.05, 0) is 43.3 Å². The Morgan fingerprint density at radius 2 is 1.75 bits per heavy atom. The van der Waals surface area contributed by atoms with E-state index < -0.39 is 0 Å². The molecule has 0 aliphatic heterocycles. The fourth-order valence-corrected chi connectivity index (χ4v) is 3.37. The van der Waals surface area contributed by atoms with E-state index >= 15 is 0 Å². The molecule has 0 aliphatic rings. The number of aryl methyl sites for hydroxylation is 1. The minimum absolute atomic E-state index is 0.354. The Balaban J connectivity index is 1.82. The zero-order chi connectivity index (χ0) is 19.8. The number of halogens is 1.